The molecule has 0 atom stereocenters. The first-order chi connectivity index (χ1) is 7.86. The van der Waals surface area contributed by atoms with Crippen LogP contribution in [0.25, 0.3) is 17.2 Å². The van der Waals surface area contributed by atoms with Gasteiger partial charge in [-0.2, -0.15) is 0 Å². The zero-order chi connectivity index (χ0) is 11.0. The van der Waals surface area contributed by atoms with E-state index in [4.69, 9.17) is 0 Å². The van der Waals surface area contributed by atoms with Crippen molar-refractivity contribution in [2.24, 2.45) is 0 Å². The maximum absolute atomic E-state index is 3.72. The number of rotatable bonds is 1. The third-order valence-corrected chi connectivity index (χ3v) is 3.83. The quantitative estimate of drug-likeness (QED) is 0.706. The molecule has 0 saturated heterocycles. The summed E-state index contributed by atoms with van der Waals surface area (Å²) < 4.78 is 1.21. The van der Waals surface area contributed by atoms with Crippen LogP contribution in [0.5, 0.6) is 0 Å². The van der Waals surface area contributed by atoms with Crippen molar-refractivity contribution in [2.45, 2.75) is 6.42 Å². The molecule has 0 N–H and O–H groups in total. The molecular weight excluding hydrogens is 260 g/mol. The Balaban J connectivity index is 2.20. The highest BCUT2D eigenvalue weighted by molar-refractivity contribution is 9.10. The van der Waals surface area contributed by atoms with Gasteiger partial charge in [-0.05, 0) is 44.6 Å². The molecule has 3 rings (SSSR count). The van der Waals surface area contributed by atoms with Gasteiger partial charge in [-0.25, -0.2) is 0 Å². The van der Waals surface area contributed by atoms with E-state index >= 15 is 0 Å². The van der Waals surface area contributed by atoms with Gasteiger partial charge in [0.05, 0.1) is 0 Å². The first-order valence-corrected chi connectivity index (χ1v) is 6.19. The summed E-state index contributed by atoms with van der Waals surface area (Å²) in [5.41, 5.74) is 5.27. The largest absolute Gasteiger partial charge is 0.0795 e. The lowest BCUT2D eigenvalue weighted by molar-refractivity contribution is 1.30. The fourth-order valence-electron chi connectivity index (χ4n) is 2.14. The topological polar surface area (TPSA) is 0 Å². The Morgan fingerprint density at radius 2 is 1.75 bits per heavy atom. The minimum atomic E-state index is 1.06. The average Bonchev–Trinajstić information content (AvgIpc) is 2.80. The Bertz CT molecular complexity index is 553. The zero-order valence-corrected chi connectivity index (χ0v) is 10.4. The van der Waals surface area contributed by atoms with E-state index in [1.807, 2.05) is 6.07 Å². The molecule has 0 fully saturated rings. The molecule has 16 heavy (non-hydrogen) atoms. The van der Waals surface area contributed by atoms with E-state index in [-0.39, 0.29) is 0 Å². The van der Waals surface area contributed by atoms with Crippen molar-refractivity contribution in [1.82, 2.24) is 0 Å². The summed E-state index contributed by atoms with van der Waals surface area (Å²) in [6.07, 6.45) is 5.47. The molecule has 0 aliphatic heterocycles. The van der Waals surface area contributed by atoms with E-state index in [9.17, 15) is 0 Å². The van der Waals surface area contributed by atoms with Gasteiger partial charge in [0.25, 0.3) is 0 Å². The number of allylic oxidation sites excluding steroid dienone is 1. The number of hydrogen-bond acceptors (Lipinski definition) is 0. The molecule has 0 nitrogen and oxygen atoms in total. The highest BCUT2D eigenvalue weighted by Crippen LogP contribution is 2.36. The van der Waals surface area contributed by atoms with Crippen molar-refractivity contribution >= 4 is 22.0 Å². The number of benzene rings is 2. The van der Waals surface area contributed by atoms with Crippen LogP contribution in [0.3, 0.4) is 0 Å². The summed E-state index contributed by atoms with van der Waals surface area (Å²) in [6, 6.07) is 14.9. The maximum Gasteiger partial charge on any atom is 0.0328 e. The molecule has 2 aromatic rings. The van der Waals surface area contributed by atoms with Crippen LogP contribution in [0.15, 0.2) is 53.0 Å². The average molecular weight is 271 g/mol. The van der Waals surface area contributed by atoms with Crippen LogP contribution in [-0.4, -0.2) is 0 Å². The van der Waals surface area contributed by atoms with Gasteiger partial charge in [0.1, 0.15) is 0 Å². The molecular formula is C15H11Br. The van der Waals surface area contributed by atoms with Crippen molar-refractivity contribution in [3.63, 3.8) is 0 Å². The lowest BCUT2D eigenvalue weighted by Crippen LogP contribution is -1.87. The van der Waals surface area contributed by atoms with E-state index in [1.54, 1.807) is 0 Å². The van der Waals surface area contributed by atoms with Crippen LogP contribution < -0.4 is 0 Å². The molecule has 2 aromatic carbocycles. The van der Waals surface area contributed by atoms with Crippen LogP contribution in [0.4, 0.5) is 0 Å². The van der Waals surface area contributed by atoms with Gasteiger partial charge in [-0.3, -0.25) is 0 Å². The van der Waals surface area contributed by atoms with Gasteiger partial charge in [0, 0.05) is 4.47 Å². The summed E-state index contributed by atoms with van der Waals surface area (Å²) >= 11 is 3.72. The van der Waals surface area contributed by atoms with E-state index in [2.05, 4.69) is 64.5 Å². The molecule has 1 aliphatic rings. The van der Waals surface area contributed by atoms with E-state index < -0.39 is 0 Å². The first kappa shape index (κ1) is 9.86. The van der Waals surface area contributed by atoms with Crippen LogP contribution in [-0.2, 0) is 6.42 Å². The number of fused-ring (bicyclic) bond motifs is 1. The summed E-state index contributed by atoms with van der Waals surface area (Å²) in [6.45, 7) is 0. The highest BCUT2D eigenvalue weighted by Gasteiger charge is 2.12. The highest BCUT2D eigenvalue weighted by atomic mass is 79.9. The van der Waals surface area contributed by atoms with Crippen LogP contribution in [0.1, 0.15) is 11.1 Å². The molecule has 0 amide bonds. The number of hydrogen-bond donors (Lipinski definition) is 0. The molecule has 0 aromatic heterocycles. The predicted molar refractivity (Wildman–Crippen MR) is 72.3 cm³/mol. The van der Waals surface area contributed by atoms with Crippen LogP contribution >= 0.6 is 15.9 Å². The van der Waals surface area contributed by atoms with Crippen LogP contribution in [0, 0.1) is 0 Å². The number of halogens is 1. The van der Waals surface area contributed by atoms with Gasteiger partial charge >= 0.3 is 0 Å². The summed E-state index contributed by atoms with van der Waals surface area (Å²) in [5.74, 6) is 0. The van der Waals surface area contributed by atoms with Crippen molar-refractivity contribution < 1.29 is 0 Å². The lowest BCUT2D eigenvalue weighted by Gasteiger charge is -2.09. The Hall–Kier alpha value is -1.34. The van der Waals surface area contributed by atoms with Crippen molar-refractivity contribution in [3.05, 3.63) is 64.1 Å². The molecule has 0 saturated carbocycles. The minimum Gasteiger partial charge on any atom is -0.0795 e. The summed E-state index contributed by atoms with van der Waals surface area (Å²) in [7, 11) is 0. The Morgan fingerprint density at radius 1 is 0.938 bits per heavy atom. The summed E-state index contributed by atoms with van der Waals surface area (Å²) in [4.78, 5) is 0. The Morgan fingerprint density at radius 3 is 2.56 bits per heavy atom. The van der Waals surface area contributed by atoms with E-state index in [0.717, 1.165) is 6.42 Å². The molecule has 0 unspecified atom stereocenters. The summed E-state index contributed by atoms with van der Waals surface area (Å²) in [5, 5.41) is 0. The fraction of sp³-hybridized carbons (Fsp3) is 0.0667. The lowest BCUT2D eigenvalue weighted by atomic mass is 10.0. The van der Waals surface area contributed by atoms with Gasteiger partial charge in [-0.15, -0.1) is 0 Å². The monoisotopic (exact) mass is 270 g/mol. The third-order valence-electron chi connectivity index (χ3n) is 2.98. The van der Waals surface area contributed by atoms with Gasteiger partial charge in [0.15, 0.2) is 0 Å². The maximum atomic E-state index is 3.72. The van der Waals surface area contributed by atoms with Gasteiger partial charge < -0.3 is 0 Å². The van der Waals surface area contributed by atoms with Crippen molar-refractivity contribution in [2.75, 3.05) is 0 Å². The molecule has 1 heteroatoms. The van der Waals surface area contributed by atoms with Crippen molar-refractivity contribution in [1.29, 1.82) is 0 Å². The SMILES string of the molecule is Brc1c(-c2ccccc2)ccc2c1C=CC2. The standard InChI is InChI=1S/C15H11Br/c16-15-13-8-4-7-12(13)9-10-14(15)11-5-2-1-3-6-11/h1-6,8-10H,7H2. The van der Waals surface area contributed by atoms with Crippen LogP contribution in [0.2, 0.25) is 0 Å². The predicted octanol–water partition coefficient (Wildman–Crippen LogP) is 4.69. The molecule has 78 valence electrons. The van der Waals surface area contributed by atoms with E-state index in [0.29, 0.717) is 0 Å². The molecule has 1 aliphatic carbocycles. The first-order valence-electron chi connectivity index (χ1n) is 5.39. The second-order valence-corrected chi connectivity index (χ2v) is 4.77. The van der Waals surface area contributed by atoms with E-state index in [1.165, 1.54) is 26.7 Å². The molecule has 0 radical (unpaired) electrons. The zero-order valence-electron chi connectivity index (χ0n) is 8.78. The second kappa shape index (κ2) is 3.91. The normalized spacial score (nSPS) is 12.8. The third kappa shape index (κ3) is 1.52. The Labute approximate surface area is 104 Å². The van der Waals surface area contributed by atoms with Crippen molar-refractivity contribution in [3.8, 4) is 11.1 Å². The van der Waals surface area contributed by atoms with Gasteiger partial charge in [0.2, 0.25) is 0 Å². The molecule has 0 bridgehead atoms. The van der Waals surface area contributed by atoms with Gasteiger partial charge in [-0.1, -0.05) is 54.6 Å². The Kier molecular flexibility index (Phi) is 2.41. The fourth-order valence-corrected chi connectivity index (χ4v) is 2.88. The minimum absolute atomic E-state index is 1.06. The second-order valence-electron chi connectivity index (χ2n) is 3.97. The molecule has 0 heterocycles. The molecule has 0 spiro atoms. The smallest absolute Gasteiger partial charge is 0.0328 e.